The molecule has 6 atom stereocenters. The number of rotatable bonds is 51. The van der Waals surface area contributed by atoms with Crippen molar-refractivity contribution >= 4 is 17.9 Å². The normalized spacial score (nSPS) is 18.8. The van der Waals surface area contributed by atoms with Crippen molar-refractivity contribution in [2.75, 3.05) is 13.2 Å². The van der Waals surface area contributed by atoms with Crippen LogP contribution >= 0.6 is 0 Å². The van der Waals surface area contributed by atoms with Gasteiger partial charge in [0.25, 0.3) is 0 Å². The van der Waals surface area contributed by atoms with Gasteiger partial charge in [0, 0.05) is 12.8 Å². The highest BCUT2D eigenvalue weighted by molar-refractivity contribution is 5.73. The van der Waals surface area contributed by atoms with Gasteiger partial charge >= 0.3 is 17.9 Å². The van der Waals surface area contributed by atoms with Crippen molar-refractivity contribution < 1.29 is 53.8 Å². The van der Waals surface area contributed by atoms with Gasteiger partial charge in [-0.1, -0.05) is 229 Å². The van der Waals surface area contributed by atoms with Gasteiger partial charge in [0.05, 0.1) is 6.61 Å². The molecule has 1 rings (SSSR count). The molecule has 0 amide bonds. The Bertz CT molecular complexity index is 1380. The van der Waals surface area contributed by atoms with E-state index in [1.165, 1.54) is 180 Å². The summed E-state index contributed by atoms with van der Waals surface area (Å²) in [5.41, 5.74) is 0. The highest BCUT2D eigenvalue weighted by atomic mass is 16.7. The largest absolute Gasteiger partial charge is 0.479 e. The van der Waals surface area contributed by atoms with E-state index in [2.05, 4.69) is 62.5 Å². The Morgan fingerprint density at radius 3 is 1.15 bits per heavy atom. The van der Waals surface area contributed by atoms with Gasteiger partial charge in [-0.05, 0) is 77.0 Å². The summed E-state index contributed by atoms with van der Waals surface area (Å²) >= 11 is 0. The Hall–Kier alpha value is -2.83. The highest BCUT2D eigenvalue weighted by Crippen LogP contribution is 2.23. The Balaban J connectivity index is 2.23. The molecule has 0 spiro atoms. The summed E-state index contributed by atoms with van der Waals surface area (Å²) in [4.78, 5) is 37.2. The van der Waals surface area contributed by atoms with Gasteiger partial charge in [0.1, 0.15) is 24.9 Å². The molecule has 4 N–H and O–H groups in total. The Morgan fingerprint density at radius 2 is 0.778 bits per heavy atom. The lowest BCUT2D eigenvalue weighted by Crippen LogP contribution is -2.60. The summed E-state index contributed by atoms with van der Waals surface area (Å²) in [5.74, 6) is -2.44. The fourth-order valence-corrected chi connectivity index (χ4v) is 9.00. The van der Waals surface area contributed by atoms with Gasteiger partial charge in [-0.2, -0.15) is 0 Å². The van der Waals surface area contributed by atoms with Crippen LogP contribution < -0.4 is 0 Å². The van der Waals surface area contributed by atoms with Crippen LogP contribution in [0.3, 0.4) is 0 Å². The first-order valence-electron chi connectivity index (χ1n) is 29.7. The molecule has 0 aromatic carbocycles. The number of esters is 2. The van der Waals surface area contributed by atoms with Crippen molar-refractivity contribution in [3.05, 3.63) is 48.6 Å². The number of allylic oxidation sites excluding steroid dienone is 8. The molecule has 0 saturated carbocycles. The van der Waals surface area contributed by atoms with Crippen LogP contribution in [0.5, 0.6) is 0 Å². The zero-order valence-electron chi connectivity index (χ0n) is 45.9. The smallest absolute Gasteiger partial charge is 0.335 e. The monoisotopic (exact) mass is 1020 g/mol. The molecule has 0 aromatic heterocycles. The molecule has 0 aliphatic carbocycles. The minimum Gasteiger partial charge on any atom is -0.479 e. The highest BCUT2D eigenvalue weighted by Gasteiger charge is 2.47. The first kappa shape index (κ1) is 67.2. The standard InChI is InChI=1S/C61H108O11/c1-3-5-7-9-11-13-15-17-19-21-23-25-27-29-31-33-35-37-39-41-43-45-47-49-54(62)69-51-53(52-70-61-58(66)56(64)57(65)59(72-61)60(67)68)71-55(63)50-48-46-44-42-40-38-36-34-32-30-28-26-24-22-20-18-16-14-12-10-8-6-4-2/h15-18,21-24,53,56-59,61,64-66H,3-14,19-20,25-52H2,1-2H3,(H,67,68)/b17-15-,18-16-,23-21-,24-22-. The van der Waals surface area contributed by atoms with Crippen molar-refractivity contribution in [2.24, 2.45) is 0 Å². The van der Waals surface area contributed by atoms with E-state index in [4.69, 9.17) is 18.9 Å². The van der Waals surface area contributed by atoms with Crippen LogP contribution in [0.1, 0.15) is 271 Å². The van der Waals surface area contributed by atoms with Crippen molar-refractivity contribution in [1.29, 1.82) is 0 Å². The van der Waals surface area contributed by atoms with E-state index >= 15 is 0 Å². The molecule has 0 radical (unpaired) electrons. The van der Waals surface area contributed by atoms with E-state index in [9.17, 15) is 34.8 Å². The topological polar surface area (TPSA) is 169 Å². The molecule has 11 nitrogen and oxygen atoms in total. The third-order valence-corrected chi connectivity index (χ3v) is 13.7. The summed E-state index contributed by atoms with van der Waals surface area (Å²) < 4.78 is 21.9. The lowest BCUT2D eigenvalue weighted by molar-refractivity contribution is -0.298. The van der Waals surface area contributed by atoms with Crippen molar-refractivity contribution in [1.82, 2.24) is 0 Å². The maximum atomic E-state index is 12.9. The van der Waals surface area contributed by atoms with Crippen LogP contribution in [-0.4, -0.2) is 88.4 Å². The average molecular weight is 1020 g/mol. The van der Waals surface area contributed by atoms with Gasteiger partial charge in [-0.15, -0.1) is 0 Å². The first-order chi connectivity index (χ1) is 35.2. The number of carboxylic acid groups (broad SMARTS) is 1. The predicted molar refractivity (Wildman–Crippen MR) is 294 cm³/mol. The zero-order valence-corrected chi connectivity index (χ0v) is 45.9. The molecule has 1 heterocycles. The van der Waals surface area contributed by atoms with Gasteiger partial charge < -0.3 is 39.4 Å². The molecule has 1 aliphatic rings. The second-order valence-corrected chi connectivity index (χ2v) is 20.5. The molecular weight excluding hydrogens is 909 g/mol. The average Bonchev–Trinajstić information content (AvgIpc) is 3.37. The van der Waals surface area contributed by atoms with Crippen LogP contribution in [-0.2, 0) is 33.3 Å². The van der Waals surface area contributed by atoms with E-state index in [0.717, 1.165) is 51.4 Å². The molecule has 1 fully saturated rings. The number of carbonyl (C=O) groups excluding carboxylic acids is 2. The maximum Gasteiger partial charge on any atom is 0.335 e. The second-order valence-electron chi connectivity index (χ2n) is 20.5. The zero-order chi connectivity index (χ0) is 52.4. The van der Waals surface area contributed by atoms with Crippen molar-refractivity contribution in [2.45, 2.75) is 307 Å². The van der Waals surface area contributed by atoms with Crippen molar-refractivity contribution in [3.63, 3.8) is 0 Å². The number of hydrogen-bond acceptors (Lipinski definition) is 10. The van der Waals surface area contributed by atoms with Gasteiger partial charge in [0.2, 0.25) is 0 Å². The van der Waals surface area contributed by atoms with E-state index in [-0.39, 0.29) is 26.1 Å². The summed E-state index contributed by atoms with van der Waals surface area (Å²) in [6.45, 7) is 3.84. The van der Waals surface area contributed by atoms with Crippen LogP contribution in [0.15, 0.2) is 48.6 Å². The van der Waals surface area contributed by atoms with Crippen LogP contribution in [0.4, 0.5) is 0 Å². The minimum atomic E-state index is -1.86. The minimum absolute atomic E-state index is 0.180. The van der Waals surface area contributed by atoms with E-state index < -0.39 is 54.7 Å². The molecule has 1 aliphatic heterocycles. The van der Waals surface area contributed by atoms with Crippen LogP contribution in [0.2, 0.25) is 0 Å². The quantitative estimate of drug-likeness (QED) is 0.0260. The van der Waals surface area contributed by atoms with E-state index in [1.54, 1.807) is 0 Å². The number of aliphatic hydroxyl groups excluding tert-OH is 3. The predicted octanol–water partition coefficient (Wildman–Crippen LogP) is 15.2. The van der Waals surface area contributed by atoms with Crippen LogP contribution in [0.25, 0.3) is 0 Å². The molecular formula is C61H108O11. The molecule has 72 heavy (non-hydrogen) atoms. The third kappa shape index (κ3) is 40.5. The van der Waals surface area contributed by atoms with Crippen molar-refractivity contribution in [3.8, 4) is 0 Å². The molecule has 1 saturated heterocycles. The number of hydrogen-bond donors (Lipinski definition) is 4. The number of unbranched alkanes of at least 4 members (excludes halogenated alkanes) is 32. The SMILES string of the molecule is CCCCCCC/C=C\C/C=C\CCCCCCCCCCCCCC(=O)OCC(COC1OC(C(=O)O)C(O)C(O)C1O)OC(=O)CCCCCCCCCCCCC/C=C\C/C=C\CCCCCCC. The van der Waals surface area contributed by atoms with E-state index in [0.29, 0.717) is 12.8 Å². The summed E-state index contributed by atoms with van der Waals surface area (Å²) in [7, 11) is 0. The lowest BCUT2D eigenvalue weighted by atomic mass is 9.99. The number of ether oxygens (including phenoxy) is 4. The van der Waals surface area contributed by atoms with Gasteiger partial charge in [-0.25, -0.2) is 4.79 Å². The number of aliphatic hydroxyl groups is 3. The van der Waals surface area contributed by atoms with E-state index in [1.807, 2.05) is 0 Å². The summed E-state index contributed by atoms with van der Waals surface area (Å²) in [6.07, 6.45) is 54.5. The Kier molecular flexibility index (Phi) is 47.0. The number of carboxylic acids is 1. The molecule has 11 heteroatoms. The fraction of sp³-hybridized carbons (Fsp3) is 0.820. The fourth-order valence-electron chi connectivity index (χ4n) is 9.00. The summed E-state index contributed by atoms with van der Waals surface area (Å²) in [5, 5.41) is 40.1. The number of carbonyl (C=O) groups is 3. The van der Waals surface area contributed by atoms with Gasteiger partial charge in [-0.3, -0.25) is 9.59 Å². The first-order valence-corrected chi connectivity index (χ1v) is 29.7. The molecule has 0 bridgehead atoms. The lowest BCUT2D eigenvalue weighted by Gasteiger charge is -2.38. The Morgan fingerprint density at radius 1 is 0.431 bits per heavy atom. The molecule has 0 aromatic rings. The summed E-state index contributed by atoms with van der Waals surface area (Å²) in [6, 6.07) is 0. The molecule has 418 valence electrons. The van der Waals surface area contributed by atoms with Gasteiger partial charge in [0.15, 0.2) is 18.5 Å². The Labute approximate surface area is 439 Å². The second kappa shape index (κ2) is 50.3. The third-order valence-electron chi connectivity index (χ3n) is 13.7. The van der Waals surface area contributed by atoms with Crippen LogP contribution in [0, 0.1) is 0 Å². The maximum absolute atomic E-state index is 12.9. The number of aliphatic carboxylic acids is 1. The molecule has 6 unspecified atom stereocenters.